The van der Waals surface area contributed by atoms with Gasteiger partial charge in [-0.15, -0.1) is 0 Å². The Labute approximate surface area is 118 Å². The summed E-state index contributed by atoms with van der Waals surface area (Å²) < 4.78 is 0. The van der Waals surface area contributed by atoms with E-state index in [-0.39, 0.29) is 12.6 Å². The number of nitrogens with zero attached hydrogens (tertiary/aromatic N) is 1. The monoisotopic (exact) mass is 285 g/mol. The fourth-order valence-electron chi connectivity index (χ4n) is 1.97. The number of carbonyl (C=O) groups is 1. The third-order valence-corrected chi connectivity index (χ3v) is 3.11. The molecule has 0 bridgehead atoms. The van der Waals surface area contributed by atoms with Gasteiger partial charge in [0.1, 0.15) is 0 Å². The van der Waals surface area contributed by atoms with E-state index in [0.717, 1.165) is 0 Å². The molecule has 0 radical (unpaired) electrons. The summed E-state index contributed by atoms with van der Waals surface area (Å²) in [7, 11) is 0. The SMILES string of the molecule is CC(C)N(CCCO)c1c(Cl)cc(N)cc1C(N)=O. The Morgan fingerprint density at radius 1 is 1.47 bits per heavy atom. The fraction of sp³-hybridized carbons (Fsp3) is 0.462. The highest BCUT2D eigenvalue weighted by atomic mass is 35.5. The number of hydrogen-bond acceptors (Lipinski definition) is 4. The van der Waals surface area contributed by atoms with Crippen LogP contribution in [0.15, 0.2) is 12.1 Å². The van der Waals surface area contributed by atoms with E-state index in [1.807, 2.05) is 18.7 Å². The number of carbonyl (C=O) groups excluding carboxylic acids is 1. The number of halogens is 1. The Morgan fingerprint density at radius 2 is 2.11 bits per heavy atom. The first-order chi connectivity index (χ1) is 8.88. The van der Waals surface area contributed by atoms with Crippen LogP contribution >= 0.6 is 11.6 Å². The lowest BCUT2D eigenvalue weighted by atomic mass is 10.1. The molecule has 0 heterocycles. The molecule has 1 rings (SSSR count). The second-order valence-corrected chi connectivity index (χ2v) is 5.03. The largest absolute Gasteiger partial charge is 0.399 e. The first-order valence-electron chi connectivity index (χ1n) is 6.14. The van der Waals surface area contributed by atoms with Crippen LogP contribution in [-0.2, 0) is 0 Å². The van der Waals surface area contributed by atoms with Gasteiger partial charge < -0.3 is 21.5 Å². The molecular weight excluding hydrogens is 266 g/mol. The lowest BCUT2D eigenvalue weighted by molar-refractivity contribution is 0.100. The van der Waals surface area contributed by atoms with Crippen LogP contribution in [0.3, 0.4) is 0 Å². The van der Waals surface area contributed by atoms with E-state index < -0.39 is 5.91 Å². The second kappa shape index (κ2) is 6.63. The van der Waals surface area contributed by atoms with Gasteiger partial charge >= 0.3 is 0 Å². The van der Waals surface area contributed by atoms with E-state index in [9.17, 15) is 4.79 Å². The molecule has 106 valence electrons. The number of nitrogen functional groups attached to an aromatic ring is 1. The Balaban J connectivity index is 3.31. The molecule has 0 aromatic heterocycles. The minimum atomic E-state index is -0.571. The van der Waals surface area contributed by atoms with Gasteiger partial charge in [0, 0.05) is 24.9 Å². The zero-order valence-corrected chi connectivity index (χ0v) is 11.9. The highest BCUT2D eigenvalue weighted by Gasteiger charge is 2.21. The van der Waals surface area contributed by atoms with Crippen molar-refractivity contribution in [2.45, 2.75) is 26.3 Å². The molecule has 5 nitrogen and oxygen atoms in total. The minimum Gasteiger partial charge on any atom is -0.399 e. The number of aliphatic hydroxyl groups is 1. The Morgan fingerprint density at radius 3 is 2.58 bits per heavy atom. The molecule has 0 unspecified atom stereocenters. The predicted molar refractivity (Wildman–Crippen MR) is 78.6 cm³/mol. The minimum absolute atomic E-state index is 0.0711. The molecule has 0 spiro atoms. The van der Waals surface area contributed by atoms with Crippen LogP contribution in [-0.4, -0.2) is 30.2 Å². The van der Waals surface area contributed by atoms with Gasteiger partial charge in [0.05, 0.1) is 16.3 Å². The molecule has 0 saturated heterocycles. The van der Waals surface area contributed by atoms with E-state index in [1.165, 1.54) is 6.07 Å². The van der Waals surface area contributed by atoms with Gasteiger partial charge in [-0.1, -0.05) is 11.6 Å². The van der Waals surface area contributed by atoms with Crippen LogP contribution in [0.5, 0.6) is 0 Å². The van der Waals surface area contributed by atoms with Gasteiger partial charge in [0.25, 0.3) is 5.91 Å². The zero-order chi connectivity index (χ0) is 14.6. The fourth-order valence-corrected chi connectivity index (χ4v) is 2.31. The van der Waals surface area contributed by atoms with Crippen molar-refractivity contribution >= 4 is 28.9 Å². The quantitative estimate of drug-likeness (QED) is 0.693. The Hall–Kier alpha value is -1.46. The van der Waals surface area contributed by atoms with Crippen molar-refractivity contribution in [1.82, 2.24) is 0 Å². The topological polar surface area (TPSA) is 92.6 Å². The van der Waals surface area contributed by atoms with E-state index >= 15 is 0 Å². The van der Waals surface area contributed by atoms with Crippen LogP contribution in [0, 0.1) is 0 Å². The highest BCUT2D eigenvalue weighted by molar-refractivity contribution is 6.34. The third-order valence-electron chi connectivity index (χ3n) is 2.82. The summed E-state index contributed by atoms with van der Waals surface area (Å²) in [5.74, 6) is -0.571. The molecule has 0 aliphatic rings. The van der Waals surface area contributed by atoms with Gasteiger partial charge in [-0.3, -0.25) is 4.79 Å². The summed E-state index contributed by atoms with van der Waals surface area (Å²) >= 11 is 6.20. The van der Waals surface area contributed by atoms with E-state index in [1.54, 1.807) is 6.07 Å². The number of rotatable bonds is 6. The molecule has 6 heteroatoms. The van der Waals surface area contributed by atoms with E-state index in [4.69, 9.17) is 28.2 Å². The highest BCUT2D eigenvalue weighted by Crippen LogP contribution is 2.33. The van der Waals surface area contributed by atoms with Crippen molar-refractivity contribution in [3.63, 3.8) is 0 Å². The van der Waals surface area contributed by atoms with Crippen LogP contribution in [0.4, 0.5) is 11.4 Å². The van der Waals surface area contributed by atoms with Crippen molar-refractivity contribution in [2.24, 2.45) is 5.73 Å². The number of amides is 1. The number of hydrogen-bond donors (Lipinski definition) is 3. The molecule has 1 aromatic rings. The van der Waals surface area contributed by atoms with Crippen molar-refractivity contribution in [3.8, 4) is 0 Å². The molecule has 1 amide bonds. The summed E-state index contributed by atoms with van der Waals surface area (Å²) in [6, 6.07) is 3.24. The summed E-state index contributed by atoms with van der Waals surface area (Å²) in [5, 5.41) is 9.35. The first kappa shape index (κ1) is 15.6. The van der Waals surface area contributed by atoms with Crippen LogP contribution in [0.25, 0.3) is 0 Å². The smallest absolute Gasteiger partial charge is 0.250 e. The van der Waals surface area contributed by atoms with E-state index in [2.05, 4.69) is 0 Å². The molecule has 19 heavy (non-hydrogen) atoms. The summed E-state index contributed by atoms with van der Waals surface area (Å²) in [5.41, 5.74) is 12.4. The van der Waals surface area contributed by atoms with Crippen LogP contribution in [0.2, 0.25) is 5.02 Å². The van der Waals surface area contributed by atoms with Gasteiger partial charge in [-0.25, -0.2) is 0 Å². The Bertz CT molecular complexity index is 463. The van der Waals surface area contributed by atoms with Crippen molar-refractivity contribution in [1.29, 1.82) is 0 Å². The van der Waals surface area contributed by atoms with Crippen molar-refractivity contribution in [3.05, 3.63) is 22.7 Å². The van der Waals surface area contributed by atoms with Gasteiger partial charge in [-0.05, 0) is 32.4 Å². The van der Waals surface area contributed by atoms with Crippen molar-refractivity contribution < 1.29 is 9.90 Å². The predicted octanol–water partition coefficient (Wildman–Crippen LogP) is 1.62. The number of nitrogens with two attached hydrogens (primary N) is 2. The number of primary amides is 1. The van der Waals surface area contributed by atoms with Crippen LogP contribution in [0.1, 0.15) is 30.6 Å². The number of aliphatic hydroxyl groups excluding tert-OH is 1. The molecule has 0 aliphatic heterocycles. The maximum Gasteiger partial charge on any atom is 0.250 e. The van der Waals surface area contributed by atoms with E-state index in [0.29, 0.717) is 34.9 Å². The summed E-state index contributed by atoms with van der Waals surface area (Å²) in [6.45, 7) is 4.61. The maximum absolute atomic E-state index is 11.6. The summed E-state index contributed by atoms with van der Waals surface area (Å²) in [6.07, 6.45) is 0.580. The molecule has 0 atom stereocenters. The van der Waals surface area contributed by atoms with Crippen LogP contribution < -0.4 is 16.4 Å². The molecule has 5 N–H and O–H groups in total. The second-order valence-electron chi connectivity index (χ2n) is 4.63. The molecule has 0 saturated carbocycles. The molecular formula is C13H20ClN3O2. The normalized spacial score (nSPS) is 10.8. The first-order valence-corrected chi connectivity index (χ1v) is 6.52. The van der Waals surface area contributed by atoms with Gasteiger partial charge in [0.15, 0.2) is 0 Å². The standard InChI is InChI=1S/C13H20ClN3O2/c1-8(2)17(4-3-5-18)12-10(13(16)19)6-9(15)7-11(12)14/h6-8,18H,3-5,15H2,1-2H3,(H2,16,19). The zero-order valence-electron chi connectivity index (χ0n) is 11.2. The van der Waals surface area contributed by atoms with Crippen molar-refractivity contribution in [2.75, 3.05) is 23.8 Å². The molecule has 0 fully saturated rings. The Kier molecular flexibility index (Phi) is 5.44. The molecule has 1 aromatic carbocycles. The summed E-state index contributed by atoms with van der Waals surface area (Å²) in [4.78, 5) is 13.5. The molecule has 0 aliphatic carbocycles. The van der Waals surface area contributed by atoms with Gasteiger partial charge in [-0.2, -0.15) is 0 Å². The average molecular weight is 286 g/mol. The number of anilines is 2. The lowest BCUT2D eigenvalue weighted by Gasteiger charge is -2.31. The number of benzene rings is 1. The van der Waals surface area contributed by atoms with Gasteiger partial charge in [0.2, 0.25) is 0 Å². The third kappa shape index (κ3) is 3.75. The average Bonchev–Trinajstić information content (AvgIpc) is 2.30. The lowest BCUT2D eigenvalue weighted by Crippen LogP contribution is -2.34. The maximum atomic E-state index is 11.6.